The Hall–Kier alpha value is -2.69. The van der Waals surface area contributed by atoms with Crippen LogP contribution >= 0.6 is 0 Å². The maximum atomic E-state index is 15.2. The molecule has 0 heterocycles. The Morgan fingerprint density at radius 1 is 1.15 bits per heavy atom. The Labute approximate surface area is 159 Å². The molecule has 4 nitrogen and oxygen atoms in total. The highest BCUT2D eigenvalue weighted by atomic mass is 19.1. The summed E-state index contributed by atoms with van der Waals surface area (Å²) in [5, 5.41) is 0. The van der Waals surface area contributed by atoms with Crippen molar-refractivity contribution in [3.63, 3.8) is 0 Å². The van der Waals surface area contributed by atoms with Crippen molar-refractivity contribution in [3.8, 4) is 22.6 Å². The van der Waals surface area contributed by atoms with Crippen molar-refractivity contribution >= 4 is 12.3 Å². The van der Waals surface area contributed by atoms with Crippen molar-refractivity contribution in [2.24, 2.45) is 0 Å². The Balaban J connectivity index is 2.47. The predicted molar refractivity (Wildman–Crippen MR) is 103 cm³/mol. The molecule has 2 aromatic rings. The van der Waals surface area contributed by atoms with Gasteiger partial charge in [0.1, 0.15) is 0 Å². The molecule has 0 aliphatic heterocycles. The topological polar surface area (TPSA) is 52.6 Å². The summed E-state index contributed by atoms with van der Waals surface area (Å²) in [5.41, 5.74) is 1.99. The zero-order valence-electron chi connectivity index (χ0n) is 16.0. The number of hydrogen-bond acceptors (Lipinski definition) is 4. The third kappa shape index (κ3) is 5.16. The fourth-order valence-corrected chi connectivity index (χ4v) is 2.94. The molecule has 0 saturated heterocycles. The summed E-state index contributed by atoms with van der Waals surface area (Å²) in [4.78, 5) is 22.8. The van der Waals surface area contributed by atoms with Crippen LogP contribution in [0.15, 0.2) is 30.3 Å². The normalized spacial score (nSPS) is 10.5. The average Bonchev–Trinajstić information content (AvgIpc) is 2.65. The number of ether oxygens (including phenoxy) is 2. The quantitative estimate of drug-likeness (QED) is 0.257. The van der Waals surface area contributed by atoms with Gasteiger partial charge in [-0.25, -0.2) is 4.39 Å². The fourth-order valence-electron chi connectivity index (χ4n) is 2.94. The zero-order valence-corrected chi connectivity index (χ0v) is 16.0. The summed E-state index contributed by atoms with van der Waals surface area (Å²) in [6, 6.07) is 8.83. The molecule has 0 aromatic heterocycles. The molecule has 0 unspecified atom stereocenters. The van der Waals surface area contributed by atoms with Crippen LogP contribution in [0, 0.1) is 5.82 Å². The molecule has 0 aliphatic rings. The van der Waals surface area contributed by atoms with Gasteiger partial charge >= 0.3 is 5.97 Å². The molecule has 144 valence electrons. The maximum absolute atomic E-state index is 15.2. The molecule has 0 spiro atoms. The highest BCUT2D eigenvalue weighted by Crippen LogP contribution is 2.39. The van der Waals surface area contributed by atoms with Crippen LogP contribution < -0.4 is 9.47 Å². The van der Waals surface area contributed by atoms with E-state index in [4.69, 9.17) is 9.47 Å². The maximum Gasteiger partial charge on any atom is 0.308 e. The van der Waals surface area contributed by atoms with E-state index >= 15 is 4.39 Å². The molecule has 0 fully saturated rings. The van der Waals surface area contributed by atoms with Gasteiger partial charge in [-0.2, -0.15) is 0 Å². The lowest BCUT2D eigenvalue weighted by Gasteiger charge is -2.16. The van der Waals surface area contributed by atoms with E-state index in [0.29, 0.717) is 11.8 Å². The number of carbonyl (C=O) groups excluding carboxylic acids is 2. The second kappa shape index (κ2) is 9.86. The number of aryl methyl sites for hydroxylation is 1. The molecule has 0 radical (unpaired) electrons. The van der Waals surface area contributed by atoms with Gasteiger partial charge < -0.3 is 9.47 Å². The van der Waals surface area contributed by atoms with Gasteiger partial charge in [-0.1, -0.05) is 44.0 Å². The van der Waals surface area contributed by atoms with E-state index in [0.717, 1.165) is 19.3 Å². The third-order valence-corrected chi connectivity index (χ3v) is 4.20. The Kier molecular flexibility index (Phi) is 7.53. The highest BCUT2D eigenvalue weighted by Gasteiger charge is 2.22. The van der Waals surface area contributed by atoms with Crippen LogP contribution in [0.4, 0.5) is 4.39 Å². The molecule has 2 rings (SSSR count). The molecule has 0 amide bonds. The standard InChI is InChI=1S/C22H25FO4/c1-4-6-7-8-16-9-11-17(12-10-16)20-18(14-24)13-19(27-15(3)25)22(21(20)23)26-5-2/h9-14H,4-8H2,1-3H3. The SMILES string of the molecule is CCCCCc1ccc(-c2c(C=O)cc(OC(C)=O)c(OCC)c2F)cc1. The van der Waals surface area contributed by atoms with Gasteiger partial charge in [0.15, 0.2) is 23.6 Å². The van der Waals surface area contributed by atoms with Gasteiger partial charge in [-0.05, 0) is 37.0 Å². The van der Waals surface area contributed by atoms with E-state index in [1.165, 1.54) is 25.0 Å². The summed E-state index contributed by atoms with van der Waals surface area (Å²) >= 11 is 0. The van der Waals surface area contributed by atoms with Crippen molar-refractivity contribution in [2.45, 2.75) is 46.5 Å². The molecule has 0 saturated carbocycles. The first-order valence-corrected chi connectivity index (χ1v) is 9.24. The summed E-state index contributed by atoms with van der Waals surface area (Å²) in [7, 11) is 0. The minimum Gasteiger partial charge on any atom is -0.487 e. The third-order valence-electron chi connectivity index (χ3n) is 4.20. The first-order chi connectivity index (χ1) is 13.0. The van der Waals surface area contributed by atoms with Crippen molar-refractivity contribution in [1.82, 2.24) is 0 Å². The first-order valence-electron chi connectivity index (χ1n) is 9.24. The van der Waals surface area contributed by atoms with Crippen LogP contribution in [-0.4, -0.2) is 18.9 Å². The average molecular weight is 372 g/mol. The van der Waals surface area contributed by atoms with E-state index in [2.05, 4.69) is 6.92 Å². The van der Waals surface area contributed by atoms with E-state index in [9.17, 15) is 9.59 Å². The second-order valence-corrected chi connectivity index (χ2v) is 6.28. The van der Waals surface area contributed by atoms with E-state index < -0.39 is 11.8 Å². The molecule has 5 heteroatoms. The van der Waals surface area contributed by atoms with Crippen molar-refractivity contribution < 1.29 is 23.5 Å². The van der Waals surface area contributed by atoms with Crippen LogP contribution in [-0.2, 0) is 11.2 Å². The highest BCUT2D eigenvalue weighted by molar-refractivity contribution is 5.90. The van der Waals surface area contributed by atoms with E-state index in [-0.39, 0.29) is 29.2 Å². The number of halogens is 1. The molecular weight excluding hydrogens is 347 g/mol. The minimum atomic E-state index is -0.712. The molecule has 2 aromatic carbocycles. The zero-order chi connectivity index (χ0) is 19.8. The second-order valence-electron chi connectivity index (χ2n) is 6.28. The first kappa shape index (κ1) is 20.6. The lowest BCUT2D eigenvalue weighted by atomic mass is 9.96. The summed E-state index contributed by atoms with van der Waals surface area (Å²) < 4.78 is 25.6. The monoisotopic (exact) mass is 372 g/mol. The van der Waals surface area contributed by atoms with Gasteiger partial charge in [0.25, 0.3) is 0 Å². The Morgan fingerprint density at radius 3 is 2.41 bits per heavy atom. The number of carbonyl (C=O) groups is 2. The van der Waals surface area contributed by atoms with Gasteiger partial charge in [-0.3, -0.25) is 9.59 Å². The number of hydrogen-bond donors (Lipinski definition) is 0. The van der Waals surface area contributed by atoms with E-state index in [1.54, 1.807) is 19.1 Å². The smallest absolute Gasteiger partial charge is 0.308 e. The summed E-state index contributed by atoms with van der Waals surface area (Å²) in [6.45, 7) is 5.26. The van der Waals surface area contributed by atoms with Crippen LogP contribution in [0.5, 0.6) is 11.5 Å². The van der Waals surface area contributed by atoms with Crippen LogP contribution in [0.1, 0.15) is 56.0 Å². The molecule has 0 N–H and O–H groups in total. The van der Waals surface area contributed by atoms with Crippen molar-refractivity contribution in [1.29, 1.82) is 0 Å². The molecule has 0 bridgehead atoms. The summed E-state index contributed by atoms with van der Waals surface area (Å²) in [5.74, 6) is -1.59. The summed E-state index contributed by atoms with van der Waals surface area (Å²) in [6.07, 6.45) is 4.94. The number of benzene rings is 2. The van der Waals surface area contributed by atoms with E-state index in [1.807, 2.05) is 12.1 Å². The lowest BCUT2D eigenvalue weighted by Crippen LogP contribution is -2.08. The van der Waals surface area contributed by atoms with Gasteiger partial charge in [-0.15, -0.1) is 0 Å². The molecule has 27 heavy (non-hydrogen) atoms. The van der Waals surface area contributed by atoms with Crippen LogP contribution in [0.2, 0.25) is 0 Å². The Morgan fingerprint density at radius 2 is 1.85 bits per heavy atom. The fraction of sp³-hybridized carbons (Fsp3) is 0.364. The van der Waals surface area contributed by atoms with Gasteiger partial charge in [0, 0.05) is 18.1 Å². The molecule has 0 aliphatic carbocycles. The lowest BCUT2D eigenvalue weighted by molar-refractivity contribution is -0.132. The predicted octanol–water partition coefficient (Wildman–Crippen LogP) is 5.36. The van der Waals surface area contributed by atoms with Crippen molar-refractivity contribution in [2.75, 3.05) is 6.61 Å². The number of esters is 1. The van der Waals surface area contributed by atoms with Crippen LogP contribution in [0.3, 0.4) is 0 Å². The number of aldehydes is 1. The largest absolute Gasteiger partial charge is 0.487 e. The minimum absolute atomic E-state index is 0.0936. The Bertz CT molecular complexity index is 797. The van der Waals surface area contributed by atoms with Gasteiger partial charge in [0.2, 0.25) is 0 Å². The number of rotatable bonds is 9. The van der Waals surface area contributed by atoms with Crippen LogP contribution in [0.25, 0.3) is 11.1 Å². The van der Waals surface area contributed by atoms with Gasteiger partial charge in [0.05, 0.1) is 6.61 Å². The number of unbranched alkanes of at least 4 members (excludes halogenated alkanes) is 2. The van der Waals surface area contributed by atoms with Crippen molar-refractivity contribution in [3.05, 3.63) is 47.3 Å². The molecular formula is C22H25FO4. The molecule has 0 atom stereocenters.